The van der Waals surface area contributed by atoms with E-state index in [9.17, 15) is 4.79 Å². The van der Waals surface area contributed by atoms with Crippen molar-refractivity contribution in [1.82, 2.24) is 10.1 Å². The smallest absolute Gasteiger partial charge is 0.162 e. The van der Waals surface area contributed by atoms with Gasteiger partial charge in [0.1, 0.15) is 12.9 Å². The summed E-state index contributed by atoms with van der Waals surface area (Å²) in [6.07, 6.45) is 3.14. The molecule has 2 heterocycles. The number of aldehydes is 1. The molecule has 1 aliphatic rings. The van der Waals surface area contributed by atoms with Gasteiger partial charge in [-0.3, -0.25) is 4.90 Å². The van der Waals surface area contributed by atoms with Crippen molar-refractivity contribution in [1.29, 1.82) is 0 Å². The lowest BCUT2D eigenvalue weighted by molar-refractivity contribution is -0.112. The summed E-state index contributed by atoms with van der Waals surface area (Å²) in [6.45, 7) is 3.05. The number of methoxy groups -OCH3 is 1. The fourth-order valence-electron chi connectivity index (χ4n) is 2.22. The highest BCUT2D eigenvalue weighted by Gasteiger charge is 2.20. The Bertz CT molecular complexity index is 364. The first-order valence-corrected chi connectivity index (χ1v) is 5.93. The Morgan fingerprint density at radius 3 is 3.35 bits per heavy atom. The van der Waals surface area contributed by atoms with E-state index < -0.39 is 0 Å². The second kappa shape index (κ2) is 5.93. The van der Waals surface area contributed by atoms with E-state index in [-0.39, 0.29) is 5.92 Å². The Morgan fingerprint density at radius 2 is 2.59 bits per heavy atom. The van der Waals surface area contributed by atoms with Crippen molar-refractivity contribution < 1.29 is 14.1 Å². The minimum absolute atomic E-state index is 0.175. The van der Waals surface area contributed by atoms with Crippen molar-refractivity contribution in [3.8, 4) is 0 Å². The molecule has 17 heavy (non-hydrogen) atoms. The number of likely N-dealkylation sites (tertiary alicyclic amines) is 1. The summed E-state index contributed by atoms with van der Waals surface area (Å²) in [7, 11) is 1.63. The van der Waals surface area contributed by atoms with Crippen LogP contribution in [0.15, 0.2) is 10.6 Å². The Balaban J connectivity index is 1.88. The summed E-state index contributed by atoms with van der Waals surface area (Å²) < 4.78 is 10.1. The number of rotatable bonds is 5. The van der Waals surface area contributed by atoms with E-state index in [1.54, 1.807) is 7.11 Å². The molecule has 5 heteroatoms. The number of ether oxygens (including phenoxy) is 1. The third-order valence-electron chi connectivity index (χ3n) is 3.01. The van der Waals surface area contributed by atoms with E-state index in [1.165, 1.54) is 0 Å². The highest BCUT2D eigenvalue weighted by atomic mass is 16.5. The van der Waals surface area contributed by atoms with Crippen LogP contribution < -0.4 is 0 Å². The van der Waals surface area contributed by atoms with E-state index >= 15 is 0 Å². The molecule has 0 amide bonds. The first-order valence-electron chi connectivity index (χ1n) is 5.93. The van der Waals surface area contributed by atoms with Gasteiger partial charge in [0.15, 0.2) is 5.76 Å². The molecule has 5 nitrogen and oxygen atoms in total. The predicted molar refractivity (Wildman–Crippen MR) is 61.3 cm³/mol. The van der Waals surface area contributed by atoms with Crippen LogP contribution in [-0.4, -0.2) is 36.5 Å². The Labute approximate surface area is 101 Å². The molecule has 0 aliphatic carbocycles. The van der Waals surface area contributed by atoms with Gasteiger partial charge in [-0.25, -0.2) is 0 Å². The summed E-state index contributed by atoms with van der Waals surface area (Å²) in [5.74, 6) is 0.917. The fourth-order valence-corrected chi connectivity index (χ4v) is 2.22. The summed E-state index contributed by atoms with van der Waals surface area (Å²) >= 11 is 0. The molecule has 1 fully saturated rings. The zero-order valence-electron chi connectivity index (χ0n) is 10.1. The van der Waals surface area contributed by atoms with Crippen LogP contribution in [0.1, 0.15) is 24.3 Å². The molecule has 1 unspecified atom stereocenters. The lowest BCUT2D eigenvalue weighted by atomic mass is 10.00. The van der Waals surface area contributed by atoms with Gasteiger partial charge in [0.05, 0.1) is 5.69 Å². The van der Waals surface area contributed by atoms with Crippen molar-refractivity contribution >= 4 is 6.29 Å². The summed E-state index contributed by atoms with van der Waals surface area (Å²) in [5.41, 5.74) is 0.906. The first-order chi connectivity index (χ1) is 8.31. The van der Waals surface area contributed by atoms with E-state index in [1.807, 2.05) is 6.07 Å². The number of hydrogen-bond acceptors (Lipinski definition) is 5. The lowest BCUT2D eigenvalue weighted by Gasteiger charge is -2.29. The SMILES string of the molecule is COCc1cc(CN2CCCC(C=O)C2)no1. The number of carbonyl (C=O) groups excluding carboxylic acids is 1. The molecule has 0 spiro atoms. The molecule has 94 valence electrons. The molecular weight excluding hydrogens is 220 g/mol. The largest absolute Gasteiger partial charge is 0.377 e. The summed E-state index contributed by atoms with van der Waals surface area (Å²) in [4.78, 5) is 13.0. The van der Waals surface area contributed by atoms with Gasteiger partial charge in [0.2, 0.25) is 0 Å². The van der Waals surface area contributed by atoms with Crippen LogP contribution in [-0.2, 0) is 22.7 Å². The molecule has 2 rings (SSSR count). The second-order valence-corrected chi connectivity index (χ2v) is 4.49. The maximum Gasteiger partial charge on any atom is 0.162 e. The number of carbonyl (C=O) groups is 1. The lowest BCUT2D eigenvalue weighted by Crippen LogP contribution is -2.35. The van der Waals surface area contributed by atoms with Gasteiger partial charge in [-0.1, -0.05) is 5.16 Å². The maximum absolute atomic E-state index is 10.8. The van der Waals surface area contributed by atoms with Gasteiger partial charge >= 0.3 is 0 Å². The average Bonchev–Trinajstić information content (AvgIpc) is 2.77. The van der Waals surface area contributed by atoms with E-state index in [4.69, 9.17) is 9.26 Å². The van der Waals surface area contributed by atoms with E-state index in [2.05, 4.69) is 10.1 Å². The molecule has 0 N–H and O–H groups in total. The fraction of sp³-hybridized carbons (Fsp3) is 0.667. The van der Waals surface area contributed by atoms with Gasteiger partial charge in [0.25, 0.3) is 0 Å². The van der Waals surface area contributed by atoms with Crippen molar-refractivity contribution in [3.63, 3.8) is 0 Å². The van der Waals surface area contributed by atoms with Crippen LogP contribution >= 0.6 is 0 Å². The molecule has 0 aromatic carbocycles. The standard InChI is InChI=1S/C12H18N2O3/c1-16-9-12-5-11(13-17-12)7-14-4-2-3-10(6-14)8-15/h5,8,10H,2-4,6-7,9H2,1H3. The molecule has 0 bridgehead atoms. The van der Waals surface area contributed by atoms with Crippen molar-refractivity contribution in [2.45, 2.75) is 26.0 Å². The third kappa shape index (κ3) is 3.38. The van der Waals surface area contributed by atoms with Crippen molar-refractivity contribution in [2.75, 3.05) is 20.2 Å². The quantitative estimate of drug-likeness (QED) is 0.722. The van der Waals surface area contributed by atoms with E-state index in [0.29, 0.717) is 6.61 Å². The molecule has 1 aromatic rings. The number of aromatic nitrogens is 1. The van der Waals surface area contributed by atoms with Crippen LogP contribution in [0.25, 0.3) is 0 Å². The molecule has 1 aromatic heterocycles. The van der Waals surface area contributed by atoms with Crippen LogP contribution in [0.4, 0.5) is 0 Å². The highest BCUT2D eigenvalue weighted by Crippen LogP contribution is 2.17. The van der Waals surface area contributed by atoms with Gasteiger partial charge in [-0.15, -0.1) is 0 Å². The van der Waals surface area contributed by atoms with Crippen LogP contribution in [0.3, 0.4) is 0 Å². The van der Waals surface area contributed by atoms with Crippen molar-refractivity contribution in [3.05, 3.63) is 17.5 Å². The number of hydrogen-bond donors (Lipinski definition) is 0. The monoisotopic (exact) mass is 238 g/mol. The van der Waals surface area contributed by atoms with Crippen LogP contribution in [0.2, 0.25) is 0 Å². The van der Waals surface area contributed by atoms with Crippen molar-refractivity contribution in [2.24, 2.45) is 5.92 Å². The summed E-state index contributed by atoms with van der Waals surface area (Å²) in [5, 5.41) is 3.99. The zero-order valence-corrected chi connectivity index (χ0v) is 10.1. The zero-order chi connectivity index (χ0) is 12.1. The minimum atomic E-state index is 0.175. The highest BCUT2D eigenvalue weighted by molar-refractivity contribution is 5.53. The topological polar surface area (TPSA) is 55.6 Å². The molecule has 1 aliphatic heterocycles. The summed E-state index contributed by atoms with van der Waals surface area (Å²) in [6, 6.07) is 1.91. The van der Waals surface area contributed by atoms with Gasteiger partial charge in [-0.05, 0) is 19.4 Å². The van der Waals surface area contributed by atoms with Gasteiger partial charge < -0.3 is 14.1 Å². The molecule has 0 radical (unpaired) electrons. The Hall–Kier alpha value is -1.20. The molecule has 0 saturated carbocycles. The third-order valence-corrected chi connectivity index (χ3v) is 3.01. The maximum atomic E-state index is 10.8. The Morgan fingerprint density at radius 1 is 1.71 bits per heavy atom. The number of nitrogens with zero attached hydrogens (tertiary/aromatic N) is 2. The molecule has 1 atom stereocenters. The van der Waals surface area contributed by atoms with Crippen LogP contribution in [0.5, 0.6) is 0 Å². The molecule has 1 saturated heterocycles. The molecular formula is C12H18N2O3. The van der Waals surface area contributed by atoms with Gasteiger partial charge in [0, 0.05) is 32.2 Å². The van der Waals surface area contributed by atoms with E-state index in [0.717, 1.165) is 50.2 Å². The van der Waals surface area contributed by atoms with Crippen LogP contribution in [0, 0.1) is 5.92 Å². The van der Waals surface area contributed by atoms with Gasteiger partial charge in [-0.2, -0.15) is 0 Å². The Kier molecular flexibility index (Phi) is 4.28. The first kappa shape index (κ1) is 12.3. The average molecular weight is 238 g/mol. The number of piperidine rings is 1. The minimum Gasteiger partial charge on any atom is -0.377 e. The predicted octanol–water partition coefficient (Wildman–Crippen LogP) is 1.23. The second-order valence-electron chi connectivity index (χ2n) is 4.49. The normalized spacial score (nSPS) is 21.6.